The van der Waals surface area contributed by atoms with Gasteiger partial charge in [0, 0.05) is 18.6 Å². The maximum Gasteiger partial charge on any atom is 0.0595 e. The quantitative estimate of drug-likeness (QED) is 0.851. The van der Waals surface area contributed by atoms with Gasteiger partial charge in [-0.05, 0) is 36.1 Å². The molecule has 2 nitrogen and oxygen atoms in total. The number of aliphatic hydroxyl groups is 1. The smallest absolute Gasteiger partial charge is 0.0595 e. The lowest BCUT2D eigenvalue weighted by Crippen LogP contribution is -2.24. The summed E-state index contributed by atoms with van der Waals surface area (Å²) in [5, 5.41) is 13.9. The van der Waals surface area contributed by atoms with Gasteiger partial charge in [0.1, 0.15) is 0 Å². The first-order valence-corrected chi connectivity index (χ1v) is 6.23. The Balaban J connectivity index is 2.00. The van der Waals surface area contributed by atoms with Crippen LogP contribution in [0.4, 0.5) is 0 Å². The summed E-state index contributed by atoms with van der Waals surface area (Å²) >= 11 is 12.0. The molecule has 2 unspecified atom stereocenters. The maximum absolute atomic E-state index is 9.38. The Labute approximate surface area is 105 Å². The van der Waals surface area contributed by atoms with E-state index in [1.165, 1.54) is 5.56 Å². The van der Waals surface area contributed by atoms with Gasteiger partial charge in [-0.3, -0.25) is 0 Å². The zero-order chi connectivity index (χ0) is 11.3. The Bertz CT molecular complexity index is 431. The summed E-state index contributed by atoms with van der Waals surface area (Å²) in [7, 11) is 0. The van der Waals surface area contributed by atoms with E-state index >= 15 is 0 Å². The second-order valence-corrected chi connectivity index (χ2v) is 5.51. The third-order valence-corrected chi connectivity index (χ3v) is 4.87. The van der Waals surface area contributed by atoms with Crippen molar-refractivity contribution in [1.82, 2.24) is 5.32 Å². The van der Waals surface area contributed by atoms with Crippen LogP contribution in [0.2, 0.25) is 10.0 Å². The molecule has 3 atom stereocenters. The van der Waals surface area contributed by atoms with E-state index in [9.17, 15) is 5.11 Å². The monoisotopic (exact) mass is 257 g/mol. The van der Waals surface area contributed by atoms with Gasteiger partial charge in [0.2, 0.25) is 0 Å². The molecule has 16 heavy (non-hydrogen) atoms. The summed E-state index contributed by atoms with van der Waals surface area (Å²) in [6.07, 6.45) is 0. The Morgan fingerprint density at radius 1 is 1.38 bits per heavy atom. The summed E-state index contributed by atoms with van der Waals surface area (Å²) in [5.41, 5.74) is 1.30. The second-order valence-electron chi connectivity index (χ2n) is 4.70. The molecular formula is C12H13Cl2NO. The van der Waals surface area contributed by atoms with Gasteiger partial charge >= 0.3 is 0 Å². The highest BCUT2D eigenvalue weighted by molar-refractivity contribution is 6.42. The van der Waals surface area contributed by atoms with Crippen LogP contribution < -0.4 is 5.32 Å². The van der Waals surface area contributed by atoms with Crippen LogP contribution in [0.1, 0.15) is 5.56 Å². The highest BCUT2D eigenvalue weighted by atomic mass is 35.5. The Kier molecular flexibility index (Phi) is 2.44. The van der Waals surface area contributed by atoms with Crippen molar-refractivity contribution >= 4 is 23.2 Å². The third kappa shape index (κ3) is 1.28. The molecule has 0 aromatic heterocycles. The van der Waals surface area contributed by atoms with E-state index in [4.69, 9.17) is 23.2 Å². The van der Waals surface area contributed by atoms with Crippen molar-refractivity contribution < 1.29 is 5.11 Å². The molecule has 1 aromatic rings. The SMILES string of the molecule is OCC1C2CNC[C@]12c1ccc(Cl)c(Cl)c1. The average Bonchev–Trinajstić information content (AvgIpc) is 2.69. The number of hydrogen-bond acceptors (Lipinski definition) is 2. The molecule has 0 radical (unpaired) electrons. The normalized spacial score (nSPS) is 36.2. The molecule has 1 aliphatic carbocycles. The van der Waals surface area contributed by atoms with Gasteiger partial charge in [0.05, 0.1) is 10.0 Å². The van der Waals surface area contributed by atoms with Gasteiger partial charge in [-0.15, -0.1) is 0 Å². The summed E-state index contributed by atoms with van der Waals surface area (Å²) in [6, 6.07) is 5.82. The van der Waals surface area contributed by atoms with Crippen molar-refractivity contribution in [2.45, 2.75) is 5.41 Å². The molecular weight excluding hydrogens is 245 g/mol. The summed E-state index contributed by atoms with van der Waals surface area (Å²) in [4.78, 5) is 0. The molecule has 4 heteroatoms. The Morgan fingerprint density at radius 3 is 2.81 bits per heavy atom. The summed E-state index contributed by atoms with van der Waals surface area (Å²) < 4.78 is 0. The van der Waals surface area contributed by atoms with Gasteiger partial charge in [-0.1, -0.05) is 29.3 Å². The summed E-state index contributed by atoms with van der Waals surface area (Å²) in [5.74, 6) is 0.931. The van der Waals surface area contributed by atoms with E-state index in [1.54, 1.807) is 0 Å². The van der Waals surface area contributed by atoms with E-state index in [2.05, 4.69) is 5.32 Å². The zero-order valence-electron chi connectivity index (χ0n) is 8.71. The average molecular weight is 258 g/mol. The predicted octanol–water partition coefficient (Wildman–Crippen LogP) is 2.07. The lowest BCUT2D eigenvalue weighted by Gasteiger charge is -2.15. The zero-order valence-corrected chi connectivity index (χ0v) is 10.2. The molecule has 0 bridgehead atoms. The number of rotatable bonds is 2. The van der Waals surface area contributed by atoms with Crippen molar-refractivity contribution in [3.63, 3.8) is 0 Å². The predicted molar refractivity (Wildman–Crippen MR) is 65.1 cm³/mol. The van der Waals surface area contributed by atoms with Crippen LogP contribution in [0.3, 0.4) is 0 Å². The highest BCUT2D eigenvalue weighted by Gasteiger charge is 2.67. The van der Waals surface area contributed by atoms with Crippen molar-refractivity contribution in [2.75, 3.05) is 19.7 Å². The molecule has 0 amide bonds. The summed E-state index contributed by atoms with van der Waals surface area (Å²) in [6.45, 7) is 2.18. The number of piperidine rings is 1. The standard InChI is InChI=1S/C12H13Cl2NO/c13-10-2-1-7(3-11(10)14)12-6-15-4-8(12)9(12)5-16/h1-3,8-9,15-16H,4-6H2/t8?,9?,12-/m1/s1. The molecule has 1 aliphatic heterocycles. The molecule has 1 saturated carbocycles. The van der Waals surface area contributed by atoms with E-state index < -0.39 is 0 Å². The van der Waals surface area contributed by atoms with Crippen LogP contribution in [0.15, 0.2) is 18.2 Å². The van der Waals surface area contributed by atoms with E-state index in [1.807, 2.05) is 18.2 Å². The van der Waals surface area contributed by atoms with Crippen LogP contribution in [-0.4, -0.2) is 24.8 Å². The molecule has 86 valence electrons. The van der Waals surface area contributed by atoms with Gasteiger partial charge in [0.25, 0.3) is 0 Å². The minimum absolute atomic E-state index is 0.100. The first-order valence-electron chi connectivity index (χ1n) is 5.47. The molecule has 1 aromatic carbocycles. The van der Waals surface area contributed by atoms with Crippen LogP contribution in [0.5, 0.6) is 0 Å². The molecule has 1 heterocycles. The number of halogens is 2. The molecule has 2 aliphatic rings. The Hall–Kier alpha value is -0.280. The second kappa shape index (κ2) is 3.61. The van der Waals surface area contributed by atoms with Crippen molar-refractivity contribution in [3.8, 4) is 0 Å². The molecule has 2 N–H and O–H groups in total. The minimum atomic E-state index is 0.100. The fourth-order valence-electron chi connectivity index (χ4n) is 3.23. The van der Waals surface area contributed by atoms with Gasteiger partial charge in [-0.25, -0.2) is 0 Å². The number of fused-ring (bicyclic) bond motifs is 1. The van der Waals surface area contributed by atoms with Gasteiger partial charge < -0.3 is 10.4 Å². The van der Waals surface area contributed by atoms with Crippen molar-refractivity contribution in [1.29, 1.82) is 0 Å². The number of benzene rings is 1. The fourth-order valence-corrected chi connectivity index (χ4v) is 3.53. The first kappa shape index (κ1) is 10.8. The van der Waals surface area contributed by atoms with Crippen molar-refractivity contribution in [2.24, 2.45) is 11.8 Å². The van der Waals surface area contributed by atoms with E-state index in [0.29, 0.717) is 21.9 Å². The van der Waals surface area contributed by atoms with Crippen LogP contribution in [0, 0.1) is 11.8 Å². The maximum atomic E-state index is 9.38. The van der Waals surface area contributed by atoms with Crippen molar-refractivity contribution in [3.05, 3.63) is 33.8 Å². The lowest BCUT2D eigenvalue weighted by molar-refractivity contribution is 0.253. The van der Waals surface area contributed by atoms with Crippen LogP contribution >= 0.6 is 23.2 Å². The number of aliphatic hydroxyl groups excluding tert-OH is 1. The first-order chi connectivity index (χ1) is 7.70. The molecule has 3 rings (SSSR count). The lowest BCUT2D eigenvalue weighted by atomic mass is 9.93. The number of nitrogens with one attached hydrogen (secondary N) is 1. The third-order valence-electron chi connectivity index (χ3n) is 4.14. The van der Waals surface area contributed by atoms with E-state index in [0.717, 1.165) is 13.1 Å². The topological polar surface area (TPSA) is 32.3 Å². The van der Waals surface area contributed by atoms with Gasteiger partial charge in [0.15, 0.2) is 0 Å². The number of hydrogen-bond donors (Lipinski definition) is 2. The van der Waals surface area contributed by atoms with Crippen LogP contribution in [-0.2, 0) is 5.41 Å². The fraction of sp³-hybridized carbons (Fsp3) is 0.500. The largest absolute Gasteiger partial charge is 0.396 e. The molecule has 2 fully saturated rings. The van der Waals surface area contributed by atoms with E-state index in [-0.39, 0.29) is 12.0 Å². The van der Waals surface area contributed by atoms with Gasteiger partial charge in [-0.2, -0.15) is 0 Å². The minimum Gasteiger partial charge on any atom is -0.396 e. The van der Waals surface area contributed by atoms with Crippen LogP contribution in [0.25, 0.3) is 0 Å². The molecule has 1 saturated heterocycles. The Morgan fingerprint density at radius 2 is 2.19 bits per heavy atom. The molecule has 0 spiro atoms. The highest BCUT2D eigenvalue weighted by Crippen LogP contribution is 2.61.